The smallest absolute Gasteiger partial charge is 0.257 e. The molecule has 2 aromatic carbocycles. The second kappa shape index (κ2) is 7.35. The highest BCUT2D eigenvalue weighted by Gasteiger charge is 2.52. The Morgan fingerprint density at radius 2 is 1.67 bits per heavy atom. The van der Waals surface area contributed by atoms with Crippen LogP contribution in [0.2, 0.25) is 0 Å². The van der Waals surface area contributed by atoms with Crippen molar-refractivity contribution in [2.45, 2.75) is 32.7 Å². The summed E-state index contributed by atoms with van der Waals surface area (Å²) in [4.78, 5) is 40.6. The number of carbonyl (C=O) groups is 3. The monoisotopic (exact) mass is 364 g/mol. The van der Waals surface area contributed by atoms with Gasteiger partial charge in [-0.15, -0.1) is 0 Å². The van der Waals surface area contributed by atoms with Crippen LogP contribution in [0, 0.1) is 5.92 Å². The molecule has 140 valence electrons. The molecule has 0 saturated carbocycles. The summed E-state index contributed by atoms with van der Waals surface area (Å²) in [5, 5.41) is 2.91. The van der Waals surface area contributed by atoms with Crippen molar-refractivity contribution in [2.24, 2.45) is 5.92 Å². The number of nitrogens with zero attached hydrogens (tertiary/aromatic N) is 1. The van der Waals surface area contributed by atoms with Crippen molar-refractivity contribution in [2.75, 3.05) is 11.4 Å². The fourth-order valence-corrected chi connectivity index (χ4v) is 3.50. The van der Waals surface area contributed by atoms with Gasteiger partial charge < -0.3 is 10.2 Å². The normalized spacial score (nSPS) is 18.5. The molecule has 1 heterocycles. The van der Waals surface area contributed by atoms with Crippen LogP contribution in [-0.4, -0.2) is 24.1 Å². The second-order valence-electron chi connectivity index (χ2n) is 7.08. The molecule has 0 bridgehead atoms. The van der Waals surface area contributed by atoms with Crippen molar-refractivity contribution in [3.63, 3.8) is 0 Å². The third-order valence-corrected chi connectivity index (χ3v) is 4.96. The Balaban J connectivity index is 2.10. The minimum Gasteiger partial charge on any atom is -0.337 e. The zero-order valence-corrected chi connectivity index (χ0v) is 15.9. The van der Waals surface area contributed by atoms with Gasteiger partial charge in [0.2, 0.25) is 5.91 Å². The summed E-state index contributed by atoms with van der Waals surface area (Å²) in [5.74, 6) is -0.994. The largest absolute Gasteiger partial charge is 0.337 e. The number of para-hydroxylation sites is 1. The topological polar surface area (TPSA) is 66.5 Å². The summed E-state index contributed by atoms with van der Waals surface area (Å²) in [6.45, 7) is 5.89. The van der Waals surface area contributed by atoms with Gasteiger partial charge in [-0.05, 0) is 13.0 Å². The fourth-order valence-electron chi connectivity index (χ4n) is 3.50. The molecule has 0 spiro atoms. The number of fused-ring (bicyclic) bond motifs is 1. The van der Waals surface area contributed by atoms with Gasteiger partial charge in [0.15, 0.2) is 11.3 Å². The van der Waals surface area contributed by atoms with Crippen LogP contribution in [0.25, 0.3) is 0 Å². The van der Waals surface area contributed by atoms with Crippen LogP contribution in [0.5, 0.6) is 0 Å². The van der Waals surface area contributed by atoms with Crippen LogP contribution in [0.15, 0.2) is 54.6 Å². The van der Waals surface area contributed by atoms with Crippen LogP contribution in [0.4, 0.5) is 5.69 Å². The van der Waals surface area contributed by atoms with Crippen molar-refractivity contribution in [3.8, 4) is 0 Å². The first-order valence-electron chi connectivity index (χ1n) is 9.22. The standard InChI is InChI=1S/C22H24N2O3/c1-4-24-18-13-9-8-12-17(18)22(21(24)27,23-20(26)15(2)3)14-19(25)16-10-6-5-7-11-16/h5-13,15H,4,14H2,1-3H3,(H,23,26). The quantitative estimate of drug-likeness (QED) is 0.800. The third kappa shape index (κ3) is 3.25. The first-order valence-corrected chi connectivity index (χ1v) is 9.22. The number of Topliss-reactive ketones (excluding diaryl/α,β-unsaturated/α-hetero) is 1. The molecular weight excluding hydrogens is 340 g/mol. The van der Waals surface area contributed by atoms with E-state index in [4.69, 9.17) is 0 Å². The summed E-state index contributed by atoms with van der Waals surface area (Å²) >= 11 is 0. The van der Waals surface area contributed by atoms with Gasteiger partial charge in [0, 0.05) is 35.7 Å². The SMILES string of the molecule is CCN1C(=O)C(CC(=O)c2ccccc2)(NC(=O)C(C)C)c2ccccc21. The van der Waals surface area contributed by atoms with E-state index in [1.165, 1.54) is 0 Å². The van der Waals surface area contributed by atoms with Crippen LogP contribution < -0.4 is 10.2 Å². The molecule has 0 aliphatic carbocycles. The molecule has 5 nitrogen and oxygen atoms in total. The van der Waals surface area contributed by atoms with Crippen LogP contribution in [0.3, 0.4) is 0 Å². The first-order chi connectivity index (χ1) is 12.9. The summed E-state index contributed by atoms with van der Waals surface area (Å²) in [6.07, 6.45) is -0.109. The average Bonchev–Trinajstić information content (AvgIpc) is 2.90. The van der Waals surface area contributed by atoms with Crippen LogP contribution >= 0.6 is 0 Å². The number of anilines is 1. The van der Waals surface area contributed by atoms with Crippen molar-refractivity contribution in [3.05, 3.63) is 65.7 Å². The molecule has 1 unspecified atom stereocenters. The number of likely N-dealkylation sites (N-methyl/N-ethyl adjacent to an activating group) is 1. The van der Waals surface area contributed by atoms with Gasteiger partial charge in [0.05, 0.1) is 0 Å². The second-order valence-corrected chi connectivity index (χ2v) is 7.08. The highest BCUT2D eigenvalue weighted by atomic mass is 16.2. The molecule has 0 aromatic heterocycles. The maximum Gasteiger partial charge on any atom is 0.257 e. The molecule has 0 saturated heterocycles. The maximum atomic E-state index is 13.4. The number of amides is 2. The lowest BCUT2D eigenvalue weighted by Gasteiger charge is -2.30. The molecule has 1 N–H and O–H groups in total. The van der Waals surface area contributed by atoms with E-state index in [0.717, 1.165) is 5.69 Å². The van der Waals surface area contributed by atoms with Crippen LogP contribution in [-0.2, 0) is 15.1 Å². The van der Waals surface area contributed by atoms with Gasteiger partial charge in [0.1, 0.15) is 0 Å². The number of nitrogens with one attached hydrogen (secondary N) is 1. The Morgan fingerprint density at radius 3 is 2.30 bits per heavy atom. The molecular formula is C22H24N2O3. The molecule has 2 aromatic rings. The van der Waals surface area contributed by atoms with Crippen LogP contribution in [0.1, 0.15) is 43.1 Å². The predicted molar refractivity (Wildman–Crippen MR) is 105 cm³/mol. The molecule has 5 heteroatoms. The summed E-state index contributed by atoms with van der Waals surface area (Å²) in [5.41, 5.74) is 0.571. The first kappa shape index (κ1) is 18.8. The van der Waals surface area contributed by atoms with E-state index in [1.807, 2.05) is 37.3 Å². The van der Waals surface area contributed by atoms with E-state index in [2.05, 4.69) is 5.32 Å². The minimum absolute atomic E-state index is 0.109. The minimum atomic E-state index is -1.37. The zero-order valence-electron chi connectivity index (χ0n) is 15.9. The summed E-state index contributed by atoms with van der Waals surface area (Å²) in [6, 6.07) is 16.2. The number of ketones is 1. The van der Waals surface area contributed by atoms with E-state index in [1.54, 1.807) is 43.0 Å². The number of hydrogen-bond donors (Lipinski definition) is 1. The van der Waals surface area contributed by atoms with Gasteiger partial charge >= 0.3 is 0 Å². The summed E-state index contributed by atoms with van der Waals surface area (Å²) in [7, 11) is 0. The lowest BCUT2D eigenvalue weighted by molar-refractivity contribution is -0.133. The molecule has 0 fully saturated rings. The molecule has 1 atom stereocenters. The molecule has 3 rings (SSSR count). The van der Waals surface area contributed by atoms with Crippen molar-refractivity contribution in [1.82, 2.24) is 5.32 Å². The van der Waals surface area contributed by atoms with E-state index in [-0.39, 0.29) is 29.9 Å². The van der Waals surface area contributed by atoms with Gasteiger partial charge in [-0.25, -0.2) is 0 Å². The van der Waals surface area contributed by atoms with Crippen molar-refractivity contribution >= 4 is 23.3 Å². The summed E-state index contributed by atoms with van der Waals surface area (Å²) < 4.78 is 0. The van der Waals surface area contributed by atoms with Crippen molar-refractivity contribution < 1.29 is 14.4 Å². The number of benzene rings is 2. The molecule has 27 heavy (non-hydrogen) atoms. The Morgan fingerprint density at radius 1 is 1.04 bits per heavy atom. The van der Waals surface area contributed by atoms with Gasteiger partial charge in [-0.1, -0.05) is 62.4 Å². The van der Waals surface area contributed by atoms with Crippen molar-refractivity contribution in [1.29, 1.82) is 0 Å². The van der Waals surface area contributed by atoms with Gasteiger partial charge in [-0.3, -0.25) is 14.4 Å². The highest BCUT2D eigenvalue weighted by Crippen LogP contribution is 2.43. The lowest BCUT2D eigenvalue weighted by Crippen LogP contribution is -2.55. The maximum absolute atomic E-state index is 13.4. The van der Waals surface area contributed by atoms with E-state index < -0.39 is 5.54 Å². The Kier molecular flexibility index (Phi) is 5.13. The van der Waals surface area contributed by atoms with E-state index in [0.29, 0.717) is 17.7 Å². The Bertz CT molecular complexity index is 876. The van der Waals surface area contributed by atoms with Gasteiger partial charge in [-0.2, -0.15) is 0 Å². The third-order valence-electron chi connectivity index (χ3n) is 4.96. The fraction of sp³-hybridized carbons (Fsp3) is 0.318. The molecule has 2 amide bonds. The zero-order chi connectivity index (χ0) is 19.6. The predicted octanol–water partition coefficient (Wildman–Crippen LogP) is 3.29. The van der Waals surface area contributed by atoms with E-state index in [9.17, 15) is 14.4 Å². The molecule has 0 radical (unpaired) electrons. The lowest BCUT2D eigenvalue weighted by atomic mass is 9.84. The highest BCUT2D eigenvalue weighted by molar-refractivity contribution is 6.13. The molecule has 1 aliphatic heterocycles. The Hall–Kier alpha value is -2.95. The Labute approximate surface area is 159 Å². The number of hydrogen-bond acceptors (Lipinski definition) is 3. The number of rotatable bonds is 6. The van der Waals surface area contributed by atoms with Gasteiger partial charge in [0.25, 0.3) is 5.91 Å². The van der Waals surface area contributed by atoms with E-state index >= 15 is 0 Å². The molecule has 1 aliphatic rings. The average molecular weight is 364 g/mol. The number of carbonyl (C=O) groups excluding carboxylic acids is 3.